The van der Waals surface area contributed by atoms with Crippen LogP contribution >= 0.6 is 11.6 Å². The number of nitrogen functional groups attached to an aromatic ring is 1. The Labute approximate surface area is 379 Å². The maximum atomic E-state index is 14.2. The second-order valence-electron chi connectivity index (χ2n) is 14.5. The van der Waals surface area contributed by atoms with Gasteiger partial charge in [0.2, 0.25) is 5.82 Å². The highest BCUT2D eigenvalue weighted by Gasteiger charge is 2.32. The molecular formula is C46H43ClF2N12O4. The maximum Gasteiger partial charge on any atom is 0.291 e. The maximum absolute atomic E-state index is 14.2. The Morgan fingerprint density at radius 3 is 1.82 bits per heavy atom. The number of anilines is 5. The number of fused-ring (bicyclic) bond motifs is 2. The second kappa shape index (κ2) is 20.5. The minimum absolute atomic E-state index is 0.0566. The van der Waals surface area contributed by atoms with Crippen LogP contribution in [0.4, 0.5) is 49.0 Å². The number of nitrogens with two attached hydrogens (primary N) is 1. The number of aryl methyl sites for hydroxylation is 2. The third-order valence-corrected chi connectivity index (χ3v) is 10.3. The first-order valence-corrected chi connectivity index (χ1v) is 20.4. The van der Waals surface area contributed by atoms with Crippen molar-refractivity contribution in [1.82, 2.24) is 34.7 Å². The van der Waals surface area contributed by atoms with Gasteiger partial charge in [-0.05, 0) is 54.8 Å². The van der Waals surface area contributed by atoms with E-state index in [-0.39, 0.29) is 34.3 Å². The van der Waals surface area contributed by atoms with Crippen LogP contribution in [0.5, 0.6) is 11.5 Å². The van der Waals surface area contributed by atoms with E-state index >= 15 is 0 Å². The molecule has 0 atom stereocenters. The number of nitrogens with one attached hydrogen (secondary N) is 2. The van der Waals surface area contributed by atoms with Gasteiger partial charge in [0.15, 0.2) is 28.8 Å². The van der Waals surface area contributed by atoms with Gasteiger partial charge in [-0.2, -0.15) is 0 Å². The van der Waals surface area contributed by atoms with E-state index < -0.39 is 11.6 Å². The molecule has 0 unspecified atom stereocenters. The quantitative estimate of drug-likeness (QED) is 0.0878. The summed E-state index contributed by atoms with van der Waals surface area (Å²) >= 11 is 6.01. The number of aromatic nitrogens is 5. The van der Waals surface area contributed by atoms with Crippen molar-refractivity contribution in [1.29, 1.82) is 0 Å². The molecule has 0 bridgehead atoms. The molecule has 0 saturated heterocycles. The number of ether oxygens (including phenoxy) is 2. The zero-order valence-electron chi connectivity index (χ0n) is 36.3. The number of benzene rings is 2. The van der Waals surface area contributed by atoms with Crippen molar-refractivity contribution in [2.45, 2.75) is 46.2 Å². The van der Waals surface area contributed by atoms with Crippen LogP contribution in [0, 0.1) is 24.8 Å². The topological polar surface area (TPSA) is 182 Å². The van der Waals surface area contributed by atoms with Gasteiger partial charge < -0.3 is 45.3 Å². The molecular weight excluding hydrogens is 858 g/mol. The number of halogens is 3. The molecule has 65 heavy (non-hydrogen) atoms. The van der Waals surface area contributed by atoms with Gasteiger partial charge in [0.1, 0.15) is 5.15 Å². The number of nitrogens with zero attached hydrogens (tertiary/aromatic N) is 9. The van der Waals surface area contributed by atoms with E-state index in [1.165, 1.54) is 26.4 Å². The average Bonchev–Trinajstić information content (AvgIpc) is 3.74. The van der Waals surface area contributed by atoms with E-state index in [0.29, 0.717) is 99.9 Å². The number of hydrogen-bond donors (Lipinski definition) is 3. The van der Waals surface area contributed by atoms with Crippen LogP contribution < -0.4 is 25.8 Å². The highest BCUT2D eigenvalue weighted by molar-refractivity contribution is 6.30. The largest absolute Gasteiger partial charge is 0.492 e. The van der Waals surface area contributed by atoms with Gasteiger partial charge in [-0.1, -0.05) is 56.8 Å². The summed E-state index contributed by atoms with van der Waals surface area (Å²) < 4.78 is 38.2. The first kappa shape index (κ1) is 46.5. The smallest absolute Gasteiger partial charge is 0.291 e. The summed E-state index contributed by atoms with van der Waals surface area (Å²) in [5.41, 5.74) is 12.2. The summed E-state index contributed by atoms with van der Waals surface area (Å²) in [6.45, 7) is 18.8. The fourth-order valence-corrected chi connectivity index (χ4v) is 7.23. The number of carbonyl (C=O) groups is 2. The lowest BCUT2D eigenvalue weighted by Gasteiger charge is -2.15. The first-order valence-electron chi connectivity index (χ1n) is 20.0. The zero-order chi connectivity index (χ0) is 46.9. The number of rotatable bonds is 10. The number of hydrogen-bond acceptors (Lipinski definition) is 12. The molecule has 16 nitrogen and oxygen atoms in total. The van der Waals surface area contributed by atoms with Gasteiger partial charge in [-0.15, -0.1) is 9.97 Å². The summed E-state index contributed by atoms with van der Waals surface area (Å²) in [7, 11) is 6.16. The lowest BCUT2D eigenvalue weighted by atomic mass is 10.1. The predicted molar refractivity (Wildman–Crippen MR) is 242 cm³/mol. The van der Waals surface area contributed by atoms with Crippen LogP contribution in [0.2, 0.25) is 5.15 Å². The lowest BCUT2D eigenvalue weighted by molar-refractivity contribution is 0.0809. The molecule has 6 heterocycles. The third kappa shape index (κ3) is 10.3. The molecule has 4 N–H and O–H groups in total. The summed E-state index contributed by atoms with van der Waals surface area (Å²) in [6.07, 6.45) is 3.42. The highest BCUT2D eigenvalue weighted by atomic mass is 35.5. The molecule has 332 valence electrons. The highest BCUT2D eigenvalue weighted by Crippen LogP contribution is 2.37. The molecule has 0 spiro atoms. The molecule has 0 saturated carbocycles. The molecule has 19 heteroatoms. The molecule has 2 amide bonds. The Hall–Kier alpha value is -7.96. The van der Waals surface area contributed by atoms with E-state index in [9.17, 15) is 18.4 Å². The molecule has 2 aromatic carbocycles. The molecule has 6 aromatic rings. The van der Waals surface area contributed by atoms with E-state index in [1.54, 1.807) is 72.6 Å². The molecule has 2 aliphatic rings. The van der Waals surface area contributed by atoms with Crippen LogP contribution in [0.15, 0.2) is 66.9 Å². The Morgan fingerprint density at radius 1 is 0.738 bits per heavy atom. The van der Waals surface area contributed by atoms with Crippen molar-refractivity contribution in [2.75, 3.05) is 44.7 Å². The van der Waals surface area contributed by atoms with Crippen molar-refractivity contribution < 1.29 is 27.8 Å². The van der Waals surface area contributed by atoms with Crippen molar-refractivity contribution in [3.63, 3.8) is 0 Å². The Bertz CT molecular complexity index is 2890. The Balaban J connectivity index is 0.000000182. The standard InChI is InChI=1S/C23H21FN6O2.C15H13ClFN3O2.C8H9N3/c1-5-16-22(25-2)28-14(11-26-16)9-13-10-18(20-19(27-13)12-30(3)23(20)31)29-17-8-6-7-15(24)21(17)32-4;1-20-7-11-13(15(20)21)10(6-12(16)19-11)18-9-5-3-4-8(17)14(9)22-2;1-3-6-4-5-7(9)11-8(6)10-2/h6-8,10-11H,5,9,12H2,1,3-4H3,(H,27,29);3-6H,7H2,1-2H3,(H,18,19);4-5H,3H2,1H3,(H2,9,11). The van der Waals surface area contributed by atoms with E-state index in [0.717, 1.165) is 12.0 Å². The molecule has 4 aromatic heterocycles. The molecule has 8 rings (SSSR count). The van der Waals surface area contributed by atoms with Crippen molar-refractivity contribution in [3.05, 3.63) is 152 Å². The number of pyridine rings is 3. The number of amides is 2. The number of carbonyl (C=O) groups excluding carboxylic acids is 2. The summed E-state index contributed by atoms with van der Waals surface area (Å²) in [6, 6.07) is 15.9. The third-order valence-electron chi connectivity index (χ3n) is 10.1. The molecule has 0 radical (unpaired) electrons. The average molecular weight is 901 g/mol. The van der Waals surface area contributed by atoms with Gasteiger partial charge in [-0.3, -0.25) is 19.6 Å². The van der Waals surface area contributed by atoms with Crippen LogP contribution in [-0.2, 0) is 32.4 Å². The predicted octanol–water partition coefficient (Wildman–Crippen LogP) is 9.04. The van der Waals surface area contributed by atoms with Crippen LogP contribution in [0.3, 0.4) is 0 Å². The minimum atomic E-state index is -0.509. The van der Waals surface area contributed by atoms with Crippen molar-refractivity contribution in [3.8, 4) is 11.5 Å². The molecule has 0 fully saturated rings. The van der Waals surface area contributed by atoms with Gasteiger partial charge in [0, 0.05) is 20.2 Å². The summed E-state index contributed by atoms with van der Waals surface area (Å²) in [5.74, 6) is -0.0809. The Kier molecular flexibility index (Phi) is 14.7. The molecule has 2 aliphatic heterocycles. The van der Waals surface area contributed by atoms with E-state index in [2.05, 4.69) is 45.2 Å². The SMILES string of the molecule is COc1c(F)cccc1Nc1cc(Cl)nc2c1C(=O)N(C)C2.[C-]#[N+]c1nc(Cc2cc(Nc3cccc(F)c3OC)c3c(n2)CN(C)C3=O)cnc1CC.[C-]#[N+]c1nc(N)ccc1CC. The van der Waals surface area contributed by atoms with Crippen molar-refractivity contribution in [2.24, 2.45) is 0 Å². The minimum Gasteiger partial charge on any atom is -0.492 e. The number of methoxy groups -OCH3 is 2. The van der Waals surface area contributed by atoms with E-state index in [1.807, 2.05) is 19.9 Å². The van der Waals surface area contributed by atoms with Gasteiger partial charge in [0.25, 0.3) is 23.5 Å². The zero-order valence-corrected chi connectivity index (χ0v) is 37.0. The van der Waals surface area contributed by atoms with Crippen molar-refractivity contribution >= 4 is 63.6 Å². The van der Waals surface area contributed by atoms with Crippen LogP contribution in [0.25, 0.3) is 9.69 Å². The second-order valence-corrected chi connectivity index (χ2v) is 14.9. The summed E-state index contributed by atoms with van der Waals surface area (Å²) in [5, 5.41) is 6.43. The monoisotopic (exact) mass is 900 g/mol. The lowest BCUT2D eigenvalue weighted by Crippen LogP contribution is -2.18. The number of para-hydroxylation sites is 2. The van der Waals surface area contributed by atoms with Crippen LogP contribution in [0.1, 0.15) is 68.6 Å². The first-order chi connectivity index (χ1) is 31.2. The fraction of sp³-hybridized carbons (Fsp3) is 0.239. The Morgan fingerprint density at radius 2 is 1.29 bits per heavy atom. The van der Waals surface area contributed by atoms with Gasteiger partial charge >= 0.3 is 0 Å². The summed E-state index contributed by atoms with van der Waals surface area (Å²) in [4.78, 5) is 56.3. The van der Waals surface area contributed by atoms with E-state index in [4.69, 9.17) is 40.0 Å². The fourth-order valence-electron chi connectivity index (χ4n) is 7.02. The van der Waals surface area contributed by atoms with Crippen LogP contribution in [-0.4, -0.2) is 74.8 Å². The van der Waals surface area contributed by atoms with Gasteiger partial charge in [-0.25, -0.2) is 13.8 Å². The van der Waals surface area contributed by atoms with Gasteiger partial charge in [0.05, 0.1) is 96.6 Å². The normalized spacial score (nSPS) is 12.2. The molecule has 0 aliphatic carbocycles.